The largest absolute Gasteiger partial charge is 0.505 e. The van der Waals surface area contributed by atoms with E-state index in [1.165, 1.54) is 32.5 Å². The van der Waals surface area contributed by atoms with Crippen LogP contribution in [0.2, 0.25) is 0 Å². The number of esters is 1. The summed E-state index contributed by atoms with van der Waals surface area (Å²) in [4.78, 5) is 27.5. The van der Waals surface area contributed by atoms with Gasteiger partial charge in [0.05, 0.1) is 7.11 Å². The Labute approximate surface area is 92.5 Å². The molecule has 1 N–H and O–H groups in total. The van der Waals surface area contributed by atoms with Crippen LogP contribution in [0.3, 0.4) is 0 Å². The van der Waals surface area contributed by atoms with Crippen LogP contribution < -0.4 is 0 Å². The van der Waals surface area contributed by atoms with Crippen molar-refractivity contribution in [1.82, 2.24) is 9.88 Å². The lowest BCUT2D eigenvalue weighted by molar-refractivity contribution is -0.141. The molecule has 1 aromatic rings. The second-order valence-corrected chi connectivity index (χ2v) is 3.11. The Balaban J connectivity index is 2.79. The van der Waals surface area contributed by atoms with Crippen molar-refractivity contribution in [3.8, 4) is 5.75 Å². The summed E-state index contributed by atoms with van der Waals surface area (Å²) in [7, 11) is 2.66. The highest BCUT2D eigenvalue weighted by Crippen LogP contribution is 2.14. The van der Waals surface area contributed by atoms with Crippen LogP contribution in [0, 0.1) is 0 Å². The van der Waals surface area contributed by atoms with Crippen LogP contribution in [0.4, 0.5) is 0 Å². The number of carbonyl (C=O) groups is 2. The van der Waals surface area contributed by atoms with Crippen LogP contribution in [0.25, 0.3) is 0 Å². The van der Waals surface area contributed by atoms with Crippen molar-refractivity contribution in [3.63, 3.8) is 0 Å². The molecule has 0 aliphatic rings. The normalized spacial score (nSPS) is 9.62. The summed E-state index contributed by atoms with van der Waals surface area (Å²) >= 11 is 0. The van der Waals surface area contributed by atoms with Crippen molar-refractivity contribution in [2.75, 3.05) is 20.7 Å². The Bertz CT molecular complexity index is 406. The molecule has 0 radical (unpaired) electrons. The molecule has 0 aromatic carbocycles. The van der Waals surface area contributed by atoms with Gasteiger partial charge in [0.15, 0.2) is 5.69 Å². The van der Waals surface area contributed by atoms with Crippen LogP contribution >= 0.6 is 0 Å². The summed E-state index contributed by atoms with van der Waals surface area (Å²) in [6.07, 6.45) is 1.39. The van der Waals surface area contributed by atoms with E-state index in [2.05, 4.69) is 9.72 Å². The molecule has 0 unspecified atom stereocenters. The Morgan fingerprint density at radius 3 is 2.81 bits per heavy atom. The summed E-state index contributed by atoms with van der Waals surface area (Å²) in [5, 5.41) is 9.39. The number of aromatic nitrogens is 1. The second-order valence-electron chi connectivity index (χ2n) is 3.11. The van der Waals surface area contributed by atoms with Gasteiger partial charge < -0.3 is 14.7 Å². The molecular weight excluding hydrogens is 212 g/mol. The first-order chi connectivity index (χ1) is 7.56. The minimum atomic E-state index is -0.538. The van der Waals surface area contributed by atoms with E-state index in [-0.39, 0.29) is 18.0 Å². The third-order valence-corrected chi connectivity index (χ3v) is 1.93. The fourth-order valence-corrected chi connectivity index (χ4v) is 1.07. The predicted octanol–water partition coefficient (Wildman–Crippen LogP) is 0.0322. The number of amides is 1. The van der Waals surface area contributed by atoms with Crippen LogP contribution in [0.5, 0.6) is 5.75 Å². The maximum absolute atomic E-state index is 11.7. The average Bonchev–Trinajstić information content (AvgIpc) is 2.28. The van der Waals surface area contributed by atoms with Gasteiger partial charge in [-0.25, -0.2) is 4.98 Å². The molecule has 1 heterocycles. The first-order valence-corrected chi connectivity index (χ1v) is 4.52. The van der Waals surface area contributed by atoms with Gasteiger partial charge in [-0.2, -0.15) is 0 Å². The van der Waals surface area contributed by atoms with Gasteiger partial charge in [-0.15, -0.1) is 0 Å². The summed E-state index contributed by atoms with van der Waals surface area (Å²) in [6.45, 7) is -0.189. The summed E-state index contributed by atoms with van der Waals surface area (Å²) in [5.41, 5.74) is -0.0890. The monoisotopic (exact) mass is 224 g/mol. The van der Waals surface area contributed by atoms with Crippen molar-refractivity contribution in [2.45, 2.75) is 0 Å². The fourth-order valence-electron chi connectivity index (χ4n) is 1.07. The highest BCUT2D eigenvalue weighted by atomic mass is 16.5. The van der Waals surface area contributed by atoms with E-state index in [9.17, 15) is 14.7 Å². The van der Waals surface area contributed by atoms with Crippen molar-refractivity contribution in [1.29, 1.82) is 0 Å². The predicted molar refractivity (Wildman–Crippen MR) is 54.9 cm³/mol. The molecule has 1 aromatic heterocycles. The van der Waals surface area contributed by atoms with Crippen LogP contribution in [-0.4, -0.2) is 47.6 Å². The van der Waals surface area contributed by atoms with E-state index in [0.717, 1.165) is 4.90 Å². The van der Waals surface area contributed by atoms with Gasteiger partial charge in [0.1, 0.15) is 12.3 Å². The first kappa shape index (κ1) is 12.0. The number of carbonyl (C=O) groups excluding carboxylic acids is 2. The molecule has 0 fully saturated rings. The van der Waals surface area contributed by atoms with E-state index >= 15 is 0 Å². The number of aromatic hydroxyl groups is 1. The van der Waals surface area contributed by atoms with E-state index in [1.54, 1.807) is 0 Å². The van der Waals surface area contributed by atoms with Gasteiger partial charge in [0.2, 0.25) is 0 Å². The van der Waals surface area contributed by atoms with E-state index < -0.39 is 11.9 Å². The summed E-state index contributed by atoms with van der Waals surface area (Å²) in [5.74, 6) is -1.29. The smallest absolute Gasteiger partial charge is 0.325 e. The van der Waals surface area contributed by atoms with Gasteiger partial charge in [-0.1, -0.05) is 0 Å². The fraction of sp³-hybridized carbons (Fsp3) is 0.300. The minimum absolute atomic E-state index is 0.0890. The van der Waals surface area contributed by atoms with E-state index in [1.807, 2.05) is 0 Å². The highest BCUT2D eigenvalue weighted by molar-refractivity contribution is 5.96. The Kier molecular flexibility index (Phi) is 3.82. The lowest BCUT2D eigenvalue weighted by Gasteiger charge is -2.15. The number of hydrogen-bond acceptors (Lipinski definition) is 5. The van der Waals surface area contributed by atoms with Crippen molar-refractivity contribution < 1.29 is 19.4 Å². The Morgan fingerprint density at radius 1 is 1.56 bits per heavy atom. The molecule has 16 heavy (non-hydrogen) atoms. The topological polar surface area (TPSA) is 79.7 Å². The van der Waals surface area contributed by atoms with Gasteiger partial charge in [-0.05, 0) is 12.1 Å². The summed E-state index contributed by atoms with van der Waals surface area (Å²) in [6, 6.07) is 2.86. The van der Waals surface area contributed by atoms with Gasteiger partial charge >= 0.3 is 5.97 Å². The molecule has 86 valence electrons. The standard InChI is InChI=1S/C10H12N2O4/c1-12(6-8(14)16-2)10(15)9-7(13)4-3-5-11-9/h3-5,13H,6H2,1-2H3. The molecule has 1 rings (SSSR count). The Morgan fingerprint density at radius 2 is 2.25 bits per heavy atom. The van der Waals surface area contributed by atoms with Gasteiger partial charge in [0.25, 0.3) is 5.91 Å². The van der Waals surface area contributed by atoms with Crippen molar-refractivity contribution >= 4 is 11.9 Å². The van der Waals surface area contributed by atoms with E-state index in [0.29, 0.717) is 0 Å². The Hall–Kier alpha value is -2.11. The molecule has 0 atom stereocenters. The zero-order valence-corrected chi connectivity index (χ0v) is 9.01. The molecule has 6 heteroatoms. The van der Waals surface area contributed by atoms with Crippen LogP contribution in [0.15, 0.2) is 18.3 Å². The number of likely N-dealkylation sites (N-methyl/N-ethyl adjacent to an activating group) is 1. The number of hydrogen-bond donors (Lipinski definition) is 1. The van der Waals surface area contributed by atoms with Crippen LogP contribution in [-0.2, 0) is 9.53 Å². The zero-order valence-electron chi connectivity index (χ0n) is 9.01. The highest BCUT2D eigenvalue weighted by Gasteiger charge is 2.19. The SMILES string of the molecule is COC(=O)CN(C)C(=O)c1ncccc1O. The van der Waals surface area contributed by atoms with Crippen molar-refractivity contribution in [3.05, 3.63) is 24.0 Å². The quantitative estimate of drug-likeness (QED) is 0.733. The molecule has 0 aliphatic heterocycles. The van der Waals surface area contributed by atoms with Crippen molar-refractivity contribution in [2.24, 2.45) is 0 Å². The number of ether oxygens (including phenoxy) is 1. The molecular formula is C10H12N2O4. The number of rotatable bonds is 3. The minimum Gasteiger partial charge on any atom is -0.505 e. The molecule has 0 aliphatic carbocycles. The molecule has 0 spiro atoms. The molecule has 0 saturated heterocycles. The molecule has 6 nitrogen and oxygen atoms in total. The van der Waals surface area contributed by atoms with Gasteiger partial charge in [0, 0.05) is 13.2 Å². The lowest BCUT2D eigenvalue weighted by atomic mass is 10.3. The zero-order chi connectivity index (χ0) is 12.1. The summed E-state index contributed by atoms with van der Waals surface area (Å²) < 4.78 is 4.42. The number of nitrogens with zero attached hydrogens (tertiary/aromatic N) is 2. The molecule has 0 saturated carbocycles. The van der Waals surface area contributed by atoms with Crippen LogP contribution in [0.1, 0.15) is 10.5 Å². The first-order valence-electron chi connectivity index (χ1n) is 4.52. The lowest BCUT2D eigenvalue weighted by Crippen LogP contribution is -2.33. The maximum atomic E-state index is 11.7. The molecule has 0 bridgehead atoms. The molecule has 1 amide bonds. The third kappa shape index (κ3) is 2.69. The number of pyridine rings is 1. The number of methoxy groups -OCH3 is 1. The maximum Gasteiger partial charge on any atom is 0.325 e. The van der Waals surface area contributed by atoms with Gasteiger partial charge in [-0.3, -0.25) is 9.59 Å². The second kappa shape index (κ2) is 5.11. The van der Waals surface area contributed by atoms with E-state index in [4.69, 9.17) is 0 Å². The third-order valence-electron chi connectivity index (χ3n) is 1.93. The average molecular weight is 224 g/mol.